The third kappa shape index (κ3) is 6.15. The van der Waals surface area contributed by atoms with E-state index < -0.39 is 17.9 Å². The third-order valence-corrected chi connectivity index (χ3v) is 22.2. The van der Waals surface area contributed by atoms with E-state index in [4.69, 9.17) is 17.0 Å². The molecule has 0 bridgehead atoms. The van der Waals surface area contributed by atoms with Gasteiger partial charge >= 0.3 is 285 Å². The van der Waals surface area contributed by atoms with Crippen LogP contribution in [0.25, 0.3) is 34.4 Å². The molecule has 0 amide bonds. The second-order valence-electron chi connectivity index (χ2n) is 13.6. The fourth-order valence-electron chi connectivity index (χ4n) is 7.61. The molecule has 0 saturated carbocycles. The van der Waals surface area contributed by atoms with E-state index in [-0.39, 0.29) is 7.25 Å². The van der Waals surface area contributed by atoms with Gasteiger partial charge in [-0.1, -0.05) is 0 Å². The van der Waals surface area contributed by atoms with Crippen LogP contribution in [0.2, 0.25) is 0 Å². The maximum absolute atomic E-state index is 8.07. The molecule has 232 valence electrons. The fraction of sp³-hybridized carbons (Fsp3) is 0.333. The van der Waals surface area contributed by atoms with Crippen LogP contribution >= 0.6 is 17.0 Å². The van der Waals surface area contributed by atoms with E-state index in [1.807, 2.05) is 0 Å². The van der Waals surface area contributed by atoms with E-state index in [0.717, 1.165) is 25.7 Å². The van der Waals surface area contributed by atoms with Crippen molar-refractivity contribution in [2.45, 2.75) is 86.3 Å². The number of benzene rings is 4. The summed E-state index contributed by atoms with van der Waals surface area (Å²) in [5.41, 5.74) is 16.0. The van der Waals surface area contributed by atoms with Crippen LogP contribution in [0.3, 0.4) is 0 Å². The SMILES string of the molecule is CCCC1=Cc2c(-c3ccc(C(C)C)cc3)cccc2[CH]1[Zr]([Cl])([Cl])[CH]1C(CCC)=Cc2c(-c3ccc(C(C)C)cc3)cccc21. The van der Waals surface area contributed by atoms with Gasteiger partial charge in [0.2, 0.25) is 0 Å². The van der Waals surface area contributed by atoms with Gasteiger partial charge in [0.25, 0.3) is 0 Å². The predicted molar refractivity (Wildman–Crippen MR) is 195 cm³/mol. The molecule has 0 fully saturated rings. The molecule has 0 saturated heterocycles. The van der Waals surface area contributed by atoms with Gasteiger partial charge in [-0.3, -0.25) is 0 Å². The van der Waals surface area contributed by atoms with Crippen LogP contribution in [0.5, 0.6) is 0 Å². The zero-order valence-corrected chi connectivity index (χ0v) is 31.6. The van der Waals surface area contributed by atoms with Gasteiger partial charge in [-0.2, -0.15) is 0 Å². The Balaban J connectivity index is 1.45. The summed E-state index contributed by atoms with van der Waals surface area (Å²) in [5, 5.41) is 0. The molecule has 2 aliphatic carbocycles. The fourth-order valence-corrected chi connectivity index (χ4v) is 21.4. The molecule has 0 aromatic heterocycles. The average molecular weight is 713 g/mol. The number of hydrogen-bond donors (Lipinski definition) is 0. The molecule has 2 aliphatic rings. The van der Waals surface area contributed by atoms with Crippen LogP contribution < -0.4 is 0 Å². The Morgan fingerprint density at radius 1 is 0.556 bits per heavy atom. The van der Waals surface area contributed by atoms with Gasteiger partial charge in [0.15, 0.2) is 0 Å². The molecule has 0 N–H and O–H groups in total. The molecule has 2 unspecified atom stereocenters. The first-order chi connectivity index (χ1) is 21.6. The predicted octanol–water partition coefficient (Wildman–Crippen LogP) is 13.9. The summed E-state index contributed by atoms with van der Waals surface area (Å²) in [6.45, 7) is 13.6. The molecule has 4 aromatic rings. The molecule has 0 spiro atoms. The second-order valence-corrected chi connectivity index (χ2v) is 28.3. The van der Waals surface area contributed by atoms with E-state index in [1.54, 1.807) is 0 Å². The Morgan fingerprint density at radius 2 is 0.933 bits per heavy atom. The maximum atomic E-state index is 8.07. The van der Waals surface area contributed by atoms with Crippen LogP contribution in [0, 0.1) is 0 Å². The third-order valence-electron chi connectivity index (χ3n) is 9.93. The molecule has 4 aromatic carbocycles. The van der Waals surface area contributed by atoms with Crippen molar-refractivity contribution < 1.29 is 17.9 Å². The summed E-state index contributed by atoms with van der Waals surface area (Å²) in [7, 11) is 16.1. The average Bonchev–Trinajstić information content (AvgIpc) is 3.60. The first-order valence-electron chi connectivity index (χ1n) is 16.9. The van der Waals surface area contributed by atoms with Crippen LogP contribution in [0.4, 0.5) is 0 Å². The Bertz CT molecular complexity index is 1610. The summed E-state index contributed by atoms with van der Waals surface area (Å²) in [5.74, 6) is 1.03. The van der Waals surface area contributed by atoms with Crippen molar-refractivity contribution in [1.29, 1.82) is 0 Å². The van der Waals surface area contributed by atoms with Crippen molar-refractivity contribution in [2.24, 2.45) is 0 Å². The Morgan fingerprint density at radius 3 is 1.27 bits per heavy atom. The van der Waals surface area contributed by atoms with Crippen LogP contribution in [0.15, 0.2) is 96.1 Å². The minimum absolute atomic E-state index is 0.123. The summed E-state index contributed by atoms with van der Waals surface area (Å²) in [6.07, 6.45) is 9.13. The van der Waals surface area contributed by atoms with Gasteiger partial charge in [0, 0.05) is 0 Å². The van der Waals surface area contributed by atoms with E-state index in [0.29, 0.717) is 11.8 Å². The topological polar surface area (TPSA) is 0 Å². The van der Waals surface area contributed by atoms with Gasteiger partial charge in [-0.05, 0) is 0 Å². The van der Waals surface area contributed by atoms with Crippen molar-refractivity contribution in [1.82, 2.24) is 0 Å². The molecule has 0 nitrogen and oxygen atoms in total. The van der Waals surface area contributed by atoms with Gasteiger partial charge in [0.05, 0.1) is 0 Å². The van der Waals surface area contributed by atoms with E-state index >= 15 is 0 Å². The van der Waals surface area contributed by atoms with E-state index in [1.165, 1.54) is 66.8 Å². The number of rotatable bonds is 10. The molecule has 0 heterocycles. The molecule has 3 heteroatoms. The molecule has 0 radical (unpaired) electrons. The van der Waals surface area contributed by atoms with Crippen LogP contribution in [-0.2, 0) is 17.9 Å². The first-order valence-corrected chi connectivity index (χ1v) is 26.1. The Kier molecular flexibility index (Phi) is 9.83. The number of hydrogen-bond acceptors (Lipinski definition) is 0. The molecule has 45 heavy (non-hydrogen) atoms. The van der Waals surface area contributed by atoms with Crippen molar-refractivity contribution in [3.8, 4) is 22.3 Å². The number of halogens is 2. The summed E-state index contributed by atoms with van der Waals surface area (Å²) in [6, 6.07) is 31.9. The second kappa shape index (κ2) is 13.5. The van der Waals surface area contributed by atoms with Gasteiger partial charge in [0.1, 0.15) is 0 Å². The summed E-state index contributed by atoms with van der Waals surface area (Å²) < 4.78 is 0.246. The molecule has 6 rings (SSSR count). The van der Waals surface area contributed by atoms with E-state index in [2.05, 4.69) is 139 Å². The quantitative estimate of drug-likeness (QED) is 0.154. The zero-order chi connectivity index (χ0) is 31.9. The molecule has 2 atom stereocenters. The first kappa shape index (κ1) is 32.8. The monoisotopic (exact) mass is 710 g/mol. The molecular weight excluding hydrogens is 667 g/mol. The number of allylic oxidation sites excluding steroid dienone is 2. The van der Waals surface area contributed by atoms with Gasteiger partial charge in [-0.15, -0.1) is 0 Å². The van der Waals surface area contributed by atoms with Gasteiger partial charge < -0.3 is 0 Å². The van der Waals surface area contributed by atoms with Crippen molar-refractivity contribution in [3.05, 3.63) is 129 Å². The minimum atomic E-state index is -4.04. The summed E-state index contributed by atoms with van der Waals surface area (Å²) in [4.78, 5) is 0. The Hall–Kier alpha value is -2.18. The zero-order valence-electron chi connectivity index (χ0n) is 27.6. The summed E-state index contributed by atoms with van der Waals surface area (Å²) >= 11 is -4.04. The Labute approximate surface area is 283 Å². The van der Waals surface area contributed by atoms with Gasteiger partial charge in [-0.25, -0.2) is 0 Å². The van der Waals surface area contributed by atoms with Crippen LogP contribution in [-0.4, -0.2) is 0 Å². The van der Waals surface area contributed by atoms with Crippen molar-refractivity contribution in [3.63, 3.8) is 0 Å². The molecule has 0 aliphatic heterocycles. The van der Waals surface area contributed by atoms with Crippen molar-refractivity contribution >= 4 is 29.2 Å². The van der Waals surface area contributed by atoms with Crippen molar-refractivity contribution in [2.75, 3.05) is 0 Å². The normalized spacial score (nSPS) is 17.5. The standard InChI is InChI=1S/2C21H23.2ClH.Zr/c2*1-4-6-16-13-19-7-5-8-20(21(19)14-16)18-11-9-17(10-12-18)15(2)3;;;/h2*5,7-15H,4,6H2,1-3H3;2*1H;/q;;;;+2/p-2. The number of fused-ring (bicyclic) bond motifs is 2. The van der Waals surface area contributed by atoms with E-state index in [9.17, 15) is 0 Å². The van der Waals surface area contributed by atoms with Crippen LogP contribution in [0.1, 0.15) is 120 Å². The molecular formula is C42H46Cl2Zr.